The third kappa shape index (κ3) is 9.79. The molecule has 0 radical (unpaired) electrons. The van der Waals surface area contributed by atoms with E-state index in [1.165, 1.54) is 26.9 Å². The Morgan fingerprint density at radius 2 is 1.43 bits per heavy atom. The molecule has 0 bridgehead atoms. The van der Waals surface area contributed by atoms with Gasteiger partial charge in [0, 0.05) is 59.3 Å². The van der Waals surface area contributed by atoms with Crippen LogP contribution in [0.25, 0.3) is 28.1 Å². The molecule has 0 aliphatic carbocycles. The molecule has 8 nitrogen and oxygen atoms in total. The van der Waals surface area contributed by atoms with E-state index in [4.69, 9.17) is 5.26 Å². The smallest absolute Gasteiger partial charge is 0.265 e. The molecule has 5 aromatic carbocycles. The molecule has 0 saturated heterocycles. The molecule has 54 heavy (non-hydrogen) atoms. The summed E-state index contributed by atoms with van der Waals surface area (Å²) in [5.74, 6) is 0.359. The molecule has 0 amide bonds. The first-order valence-electron chi connectivity index (χ1n) is 17.8. The number of benzene rings is 5. The second-order valence-corrected chi connectivity index (χ2v) is 16.6. The highest BCUT2D eigenvalue weighted by Gasteiger charge is 2.27. The van der Waals surface area contributed by atoms with Gasteiger partial charge in [-0.2, -0.15) is 13.0 Å². The van der Waals surface area contributed by atoms with Crippen molar-refractivity contribution in [2.75, 3.05) is 23.0 Å². The van der Waals surface area contributed by atoms with Crippen LogP contribution in [0.15, 0.2) is 143 Å². The zero-order valence-corrected chi connectivity index (χ0v) is 32.0. The van der Waals surface area contributed by atoms with Gasteiger partial charge in [0.15, 0.2) is 6.54 Å². The van der Waals surface area contributed by atoms with Gasteiger partial charge in [0.05, 0.1) is 16.5 Å². The molecule has 2 N–H and O–H groups in total. The number of nitrogens with zero attached hydrogens (tertiary/aromatic N) is 2. The van der Waals surface area contributed by atoms with Crippen molar-refractivity contribution in [1.29, 1.82) is 0 Å². The second kappa shape index (κ2) is 17.8. The van der Waals surface area contributed by atoms with Crippen molar-refractivity contribution < 1.29 is 32.2 Å². The van der Waals surface area contributed by atoms with Crippen LogP contribution in [-0.2, 0) is 51.7 Å². The Morgan fingerprint density at radius 1 is 0.722 bits per heavy atom. The van der Waals surface area contributed by atoms with Crippen LogP contribution in [-0.4, -0.2) is 36.3 Å². The zero-order valence-electron chi connectivity index (χ0n) is 29.6. The predicted octanol–water partition coefficient (Wildman–Crippen LogP) is 9.23. The standard InChI is InChI=1S/C43H40N2O6S3/c46-50-51-52-26-22-34-10-6-8-32(28-34)20-24-44-39(18-16-37-14-4-5-15-40(37)44)31-43-45(25-21-33-9-7-11-35(29-33)23-27-54(47,48)49)41-30-38(17-19-42(41)53-43)36-12-2-1-3-13-36/h1-19,28-31H,20-27H2,(H-,46,47,48,49)/p+1. The van der Waals surface area contributed by atoms with E-state index in [0.717, 1.165) is 83.1 Å². The average molecular weight is 778 g/mol. The summed E-state index contributed by atoms with van der Waals surface area (Å²) in [6.45, 7) is 1.51. The van der Waals surface area contributed by atoms with Gasteiger partial charge in [-0.15, -0.1) is 4.33 Å². The van der Waals surface area contributed by atoms with Gasteiger partial charge < -0.3 is 4.90 Å². The molecule has 0 saturated carbocycles. The first kappa shape index (κ1) is 37.8. The summed E-state index contributed by atoms with van der Waals surface area (Å²) in [4.78, 5) is 3.60. The topological polar surface area (TPSA) is 100 Å². The maximum absolute atomic E-state index is 11.4. The Balaban J connectivity index is 1.20. The van der Waals surface area contributed by atoms with E-state index >= 15 is 0 Å². The first-order valence-corrected chi connectivity index (χ1v) is 21.2. The highest BCUT2D eigenvalue weighted by molar-refractivity contribution is 8.03. The Kier molecular flexibility index (Phi) is 12.5. The molecule has 7 rings (SSSR count). The van der Waals surface area contributed by atoms with Crippen molar-refractivity contribution in [2.45, 2.75) is 37.1 Å². The number of anilines is 1. The van der Waals surface area contributed by atoms with Crippen LogP contribution < -0.4 is 9.47 Å². The minimum atomic E-state index is -4.04. The predicted molar refractivity (Wildman–Crippen MR) is 219 cm³/mol. The fraction of sp³-hybridized carbons (Fsp3) is 0.186. The minimum absolute atomic E-state index is 0.265. The lowest BCUT2D eigenvalue weighted by molar-refractivity contribution is -0.672. The molecule has 1 aromatic heterocycles. The first-order chi connectivity index (χ1) is 26.3. The molecule has 6 aromatic rings. The molecule has 2 heterocycles. The van der Waals surface area contributed by atoms with E-state index in [0.29, 0.717) is 5.75 Å². The molecule has 11 heteroatoms. The molecule has 0 fully saturated rings. The summed E-state index contributed by atoms with van der Waals surface area (Å²) >= 11 is 2.84. The maximum atomic E-state index is 11.4. The Bertz CT molecular complexity index is 2370. The zero-order chi connectivity index (χ0) is 37.3. The number of hydrogen-bond acceptors (Lipinski definition) is 8. The lowest BCUT2D eigenvalue weighted by atomic mass is 10.0. The highest BCUT2D eigenvalue weighted by Crippen LogP contribution is 2.48. The van der Waals surface area contributed by atoms with Crippen LogP contribution in [0, 0.1) is 0 Å². The van der Waals surface area contributed by atoms with Crippen molar-refractivity contribution in [2.24, 2.45) is 0 Å². The Labute approximate surface area is 324 Å². The van der Waals surface area contributed by atoms with Gasteiger partial charge in [-0.05, 0) is 76.9 Å². The third-order valence-electron chi connectivity index (χ3n) is 9.51. The van der Waals surface area contributed by atoms with Gasteiger partial charge in [-0.1, -0.05) is 114 Å². The van der Waals surface area contributed by atoms with Crippen molar-refractivity contribution in [3.05, 3.63) is 166 Å². The number of aryl methyl sites for hydroxylation is 4. The number of fused-ring (bicyclic) bond motifs is 2. The highest BCUT2D eigenvalue weighted by atomic mass is 32.2. The SMILES string of the molecule is O=S(=O)(O)CCc1cccc(CCN2C(=Cc3ccc4ccccc4[n+]3CCc3cccc(CCSOOO)c3)Sc3ccc(-c4ccccc4)cc32)c1. The van der Waals surface area contributed by atoms with Gasteiger partial charge in [-0.25, -0.2) is 5.26 Å². The van der Waals surface area contributed by atoms with Crippen LogP contribution in [0.4, 0.5) is 5.69 Å². The summed E-state index contributed by atoms with van der Waals surface area (Å²) in [6.07, 6.45) is 4.95. The normalized spacial score (nSPS) is 13.5. The van der Waals surface area contributed by atoms with Crippen LogP contribution in [0.5, 0.6) is 0 Å². The molecular weight excluding hydrogens is 737 g/mol. The summed E-state index contributed by atoms with van der Waals surface area (Å²) in [6, 6.07) is 46.6. The summed E-state index contributed by atoms with van der Waals surface area (Å²) in [5, 5.41) is 14.5. The van der Waals surface area contributed by atoms with Gasteiger partial charge in [0.2, 0.25) is 11.2 Å². The molecule has 0 spiro atoms. The molecule has 276 valence electrons. The number of aromatic nitrogens is 1. The summed E-state index contributed by atoms with van der Waals surface area (Å²) in [7, 11) is -4.04. The largest absolute Gasteiger partial charge is 0.334 e. The van der Waals surface area contributed by atoms with Crippen molar-refractivity contribution in [1.82, 2.24) is 0 Å². The Morgan fingerprint density at radius 3 is 2.19 bits per heavy atom. The van der Waals surface area contributed by atoms with E-state index < -0.39 is 10.1 Å². The van der Waals surface area contributed by atoms with Crippen molar-refractivity contribution in [3.8, 4) is 11.1 Å². The van der Waals surface area contributed by atoms with Gasteiger partial charge >= 0.3 is 0 Å². The quantitative estimate of drug-likeness (QED) is 0.0249. The molecule has 0 atom stereocenters. The molecule has 1 aliphatic rings. The fourth-order valence-corrected chi connectivity index (χ4v) is 8.89. The number of hydrogen-bond donors (Lipinski definition) is 2. The van der Waals surface area contributed by atoms with Crippen LogP contribution in [0.2, 0.25) is 0 Å². The van der Waals surface area contributed by atoms with E-state index in [1.807, 2.05) is 24.3 Å². The average Bonchev–Trinajstić information content (AvgIpc) is 3.53. The molecule has 0 unspecified atom stereocenters. The fourth-order valence-electron chi connectivity index (χ4n) is 6.85. The lowest BCUT2D eigenvalue weighted by Crippen LogP contribution is -2.39. The maximum Gasteiger partial charge on any atom is 0.265 e. The third-order valence-corrected chi connectivity index (χ3v) is 11.9. The van der Waals surface area contributed by atoms with Gasteiger partial charge in [-0.3, -0.25) is 4.55 Å². The van der Waals surface area contributed by atoms with Crippen LogP contribution >= 0.6 is 23.8 Å². The number of thioether (sulfide) groups is 1. The van der Waals surface area contributed by atoms with E-state index in [9.17, 15) is 13.0 Å². The van der Waals surface area contributed by atoms with Crippen molar-refractivity contribution in [3.63, 3.8) is 0 Å². The lowest BCUT2D eigenvalue weighted by Gasteiger charge is -2.21. The molecule has 1 aliphatic heterocycles. The summed E-state index contributed by atoms with van der Waals surface area (Å²) in [5.41, 5.74) is 10.2. The number of para-hydroxylation sites is 1. The van der Waals surface area contributed by atoms with E-state index in [2.05, 4.69) is 134 Å². The monoisotopic (exact) mass is 777 g/mol. The van der Waals surface area contributed by atoms with Crippen LogP contribution in [0.3, 0.4) is 0 Å². The Hall–Kier alpha value is -4.46. The van der Waals surface area contributed by atoms with E-state index in [1.54, 1.807) is 11.8 Å². The number of pyridine rings is 1. The van der Waals surface area contributed by atoms with E-state index in [-0.39, 0.29) is 12.2 Å². The van der Waals surface area contributed by atoms with Gasteiger partial charge in [0.25, 0.3) is 10.1 Å². The van der Waals surface area contributed by atoms with Crippen LogP contribution in [0.1, 0.15) is 27.9 Å². The van der Waals surface area contributed by atoms with Gasteiger partial charge in [0.1, 0.15) is 0 Å². The second-order valence-electron chi connectivity index (χ2n) is 13.1. The summed E-state index contributed by atoms with van der Waals surface area (Å²) < 4.78 is 39.1. The number of rotatable bonds is 16. The van der Waals surface area contributed by atoms with Crippen molar-refractivity contribution >= 4 is 56.6 Å². The molecular formula is C43H41N2O6S3+. The minimum Gasteiger partial charge on any atom is -0.334 e.